The van der Waals surface area contributed by atoms with E-state index >= 15 is 0 Å². The second kappa shape index (κ2) is 5.76. The standard InChI is InChI=1S/C16H16F2N2O/c17-13-6-7-15(14(18)8-13)20-9-12(10-21)16(19-20)11-4-2-1-3-5-11/h6-11H,1-5H2. The predicted molar refractivity (Wildman–Crippen MR) is 74.7 cm³/mol. The first-order valence-electron chi connectivity index (χ1n) is 7.19. The number of benzene rings is 1. The molecule has 1 fully saturated rings. The minimum Gasteiger partial charge on any atom is -0.298 e. The molecule has 110 valence electrons. The molecule has 1 aromatic carbocycles. The summed E-state index contributed by atoms with van der Waals surface area (Å²) in [6.45, 7) is 0. The normalized spacial score (nSPS) is 16.1. The van der Waals surface area contributed by atoms with E-state index in [4.69, 9.17) is 0 Å². The highest BCUT2D eigenvalue weighted by Crippen LogP contribution is 2.33. The molecule has 0 aliphatic heterocycles. The molecule has 0 amide bonds. The monoisotopic (exact) mass is 290 g/mol. The molecule has 0 spiro atoms. The summed E-state index contributed by atoms with van der Waals surface area (Å²) in [4.78, 5) is 11.2. The Morgan fingerprint density at radius 3 is 2.62 bits per heavy atom. The van der Waals surface area contributed by atoms with E-state index in [1.807, 2.05) is 0 Å². The average Bonchev–Trinajstić information content (AvgIpc) is 2.92. The summed E-state index contributed by atoms with van der Waals surface area (Å²) in [5.41, 5.74) is 1.38. The predicted octanol–water partition coefficient (Wildman–Crippen LogP) is 4.01. The Hall–Kier alpha value is -2.04. The molecule has 1 saturated carbocycles. The number of hydrogen-bond acceptors (Lipinski definition) is 2. The fourth-order valence-corrected chi connectivity index (χ4v) is 2.98. The molecular formula is C16H16F2N2O. The van der Waals surface area contributed by atoms with E-state index in [1.165, 1.54) is 29.4 Å². The second-order valence-electron chi connectivity index (χ2n) is 5.46. The Kier molecular flexibility index (Phi) is 3.82. The number of rotatable bonds is 3. The van der Waals surface area contributed by atoms with Gasteiger partial charge in [-0.05, 0) is 25.0 Å². The van der Waals surface area contributed by atoms with Gasteiger partial charge in [0.05, 0.1) is 11.3 Å². The van der Waals surface area contributed by atoms with Crippen LogP contribution in [0.25, 0.3) is 5.69 Å². The Labute approximate surface area is 121 Å². The molecule has 1 aliphatic carbocycles. The quantitative estimate of drug-likeness (QED) is 0.800. The molecule has 3 nitrogen and oxygen atoms in total. The molecule has 0 saturated heterocycles. The number of carbonyl (C=O) groups excluding carboxylic acids is 1. The Bertz CT molecular complexity index is 660. The zero-order chi connectivity index (χ0) is 14.8. The van der Waals surface area contributed by atoms with Crippen LogP contribution in [0.5, 0.6) is 0 Å². The summed E-state index contributed by atoms with van der Waals surface area (Å²) in [6.07, 6.45) is 7.75. The van der Waals surface area contributed by atoms with Gasteiger partial charge < -0.3 is 0 Å². The Balaban J connectivity index is 2.00. The zero-order valence-electron chi connectivity index (χ0n) is 11.6. The van der Waals surface area contributed by atoms with Crippen molar-refractivity contribution in [3.05, 3.63) is 47.3 Å². The van der Waals surface area contributed by atoms with Crippen LogP contribution in [0.15, 0.2) is 24.4 Å². The largest absolute Gasteiger partial charge is 0.298 e. The second-order valence-corrected chi connectivity index (χ2v) is 5.46. The van der Waals surface area contributed by atoms with Crippen molar-refractivity contribution < 1.29 is 13.6 Å². The van der Waals surface area contributed by atoms with Crippen LogP contribution < -0.4 is 0 Å². The first kappa shape index (κ1) is 13.9. The lowest BCUT2D eigenvalue weighted by atomic mass is 9.86. The lowest BCUT2D eigenvalue weighted by Gasteiger charge is -2.20. The molecule has 1 aliphatic rings. The molecule has 1 aromatic heterocycles. The lowest BCUT2D eigenvalue weighted by Crippen LogP contribution is -2.08. The van der Waals surface area contributed by atoms with Gasteiger partial charge >= 0.3 is 0 Å². The highest BCUT2D eigenvalue weighted by atomic mass is 19.1. The summed E-state index contributed by atoms with van der Waals surface area (Å²) in [5, 5.41) is 4.39. The van der Waals surface area contributed by atoms with Crippen LogP contribution in [0.2, 0.25) is 0 Å². The van der Waals surface area contributed by atoms with Gasteiger partial charge in [-0.15, -0.1) is 0 Å². The van der Waals surface area contributed by atoms with E-state index in [1.54, 1.807) is 0 Å². The maximum atomic E-state index is 13.8. The molecule has 3 rings (SSSR count). The van der Waals surface area contributed by atoms with Crippen LogP contribution in [-0.2, 0) is 0 Å². The summed E-state index contributed by atoms with van der Waals surface area (Å²) < 4.78 is 28.1. The highest BCUT2D eigenvalue weighted by Gasteiger charge is 2.22. The molecule has 1 heterocycles. The molecule has 0 radical (unpaired) electrons. The maximum absolute atomic E-state index is 13.8. The molecule has 21 heavy (non-hydrogen) atoms. The summed E-state index contributed by atoms with van der Waals surface area (Å²) in [7, 11) is 0. The highest BCUT2D eigenvalue weighted by molar-refractivity contribution is 5.76. The minimum absolute atomic E-state index is 0.154. The SMILES string of the molecule is O=Cc1cn(-c2ccc(F)cc2F)nc1C1CCCCC1. The van der Waals surface area contributed by atoms with Gasteiger partial charge in [0.25, 0.3) is 0 Å². The first-order chi connectivity index (χ1) is 10.2. The van der Waals surface area contributed by atoms with E-state index < -0.39 is 11.6 Å². The van der Waals surface area contributed by atoms with Gasteiger partial charge in [0, 0.05) is 18.2 Å². The van der Waals surface area contributed by atoms with Crippen LogP contribution in [0, 0.1) is 11.6 Å². The van der Waals surface area contributed by atoms with Crippen LogP contribution in [0.4, 0.5) is 8.78 Å². The van der Waals surface area contributed by atoms with Gasteiger partial charge in [-0.25, -0.2) is 13.5 Å². The van der Waals surface area contributed by atoms with Crippen molar-refractivity contribution >= 4 is 6.29 Å². The van der Waals surface area contributed by atoms with Gasteiger partial charge in [-0.1, -0.05) is 19.3 Å². The molecular weight excluding hydrogens is 274 g/mol. The van der Waals surface area contributed by atoms with E-state index in [-0.39, 0.29) is 11.6 Å². The lowest BCUT2D eigenvalue weighted by molar-refractivity contribution is 0.112. The van der Waals surface area contributed by atoms with Crippen molar-refractivity contribution in [3.8, 4) is 5.69 Å². The van der Waals surface area contributed by atoms with Crippen molar-refractivity contribution in [3.63, 3.8) is 0 Å². The van der Waals surface area contributed by atoms with Crippen molar-refractivity contribution in [2.75, 3.05) is 0 Å². The Morgan fingerprint density at radius 2 is 1.95 bits per heavy atom. The van der Waals surface area contributed by atoms with Crippen molar-refractivity contribution in [1.29, 1.82) is 0 Å². The Morgan fingerprint density at radius 1 is 1.19 bits per heavy atom. The molecule has 0 unspecified atom stereocenters. The maximum Gasteiger partial charge on any atom is 0.153 e. The average molecular weight is 290 g/mol. The molecule has 0 N–H and O–H groups in total. The van der Waals surface area contributed by atoms with Gasteiger partial charge in [0.1, 0.15) is 11.5 Å². The number of hydrogen-bond donors (Lipinski definition) is 0. The summed E-state index contributed by atoms with van der Waals surface area (Å²) in [5.74, 6) is -1.07. The zero-order valence-corrected chi connectivity index (χ0v) is 11.6. The molecule has 2 aromatic rings. The van der Waals surface area contributed by atoms with Crippen molar-refractivity contribution in [1.82, 2.24) is 9.78 Å². The van der Waals surface area contributed by atoms with Gasteiger partial charge in [-0.2, -0.15) is 5.10 Å². The van der Waals surface area contributed by atoms with Gasteiger partial charge in [0.2, 0.25) is 0 Å². The van der Waals surface area contributed by atoms with E-state index in [9.17, 15) is 13.6 Å². The number of halogens is 2. The van der Waals surface area contributed by atoms with E-state index in [0.717, 1.165) is 43.7 Å². The molecule has 5 heteroatoms. The fraction of sp³-hybridized carbons (Fsp3) is 0.375. The first-order valence-corrected chi connectivity index (χ1v) is 7.19. The third-order valence-corrected chi connectivity index (χ3v) is 4.05. The van der Waals surface area contributed by atoms with Crippen LogP contribution in [0.3, 0.4) is 0 Å². The number of carbonyl (C=O) groups is 1. The number of aromatic nitrogens is 2. The third kappa shape index (κ3) is 2.73. The van der Waals surface area contributed by atoms with Crippen LogP contribution in [0.1, 0.15) is 54.1 Å². The van der Waals surface area contributed by atoms with Crippen molar-refractivity contribution in [2.24, 2.45) is 0 Å². The van der Waals surface area contributed by atoms with Gasteiger partial charge in [-0.3, -0.25) is 4.79 Å². The third-order valence-electron chi connectivity index (χ3n) is 4.05. The van der Waals surface area contributed by atoms with E-state index in [0.29, 0.717) is 5.56 Å². The number of aldehydes is 1. The van der Waals surface area contributed by atoms with Gasteiger partial charge in [0.15, 0.2) is 12.1 Å². The molecule has 0 bridgehead atoms. The van der Waals surface area contributed by atoms with Crippen LogP contribution >= 0.6 is 0 Å². The number of nitrogens with zero attached hydrogens (tertiary/aromatic N) is 2. The van der Waals surface area contributed by atoms with E-state index in [2.05, 4.69) is 5.10 Å². The summed E-state index contributed by atoms with van der Waals surface area (Å²) >= 11 is 0. The smallest absolute Gasteiger partial charge is 0.153 e. The molecule has 0 atom stereocenters. The van der Waals surface area contributed by atoms with Crippen molar-refractivity contribution in [2.45, 2.75) is 38.0 Å². The fourth-order valence-electron chi connectivity index (χ4n) is 2.98. The topological polar surface area (TPSA) is 34.9 Å². The minimum atomic E-state index is -0.690. The summed E-state index contributed by atoms with van der Waals surface area (Å²) in [6, 6.07) is 3.33. The van der Waals surface area contributed by atoms with Crippen LogP contribution in [-0.4, -0.2) is 16.1 Å².